The fraction of sp³-hybridized carbons (Fsp3) is 0.455. The highest BCUT2D eigenvalue weighted by Crippen LogP contribution is 2.40. The average Bonchev–Trinajstić information content (AvgIpc) is 2.66. The molecule has 4 rings (SSSR count). The second kappa shape index (κ2) is 7.53. The van der Waals surface area contributed by atoms with E-state index in [9.17, 15) is 8.42 Å². The van der Waals surface area contributed by atoms with Crippen molar-refractivity contribution in [2.45, 2.75) is 50.1 Å². The van der Waals surface area contributed by atoms with Gasteiger partial charge in [0.15, 0.2) is 9.84 Å². The molecule has 0 radical (unpaired) electrons. The molecule has 2 aromatic rings. The van der Waals surface area contributed by atoms with E-state index < -0.39 is 9.84 Å². The minimum absolute atomic E-state index is 0.0491. The molecule has 2 aromatic carbocycles. The maximum atomic E-state index is 12.1. The standard InChI is InChI=1S/C22H27NO2S/c24-26(25)15-7-12-19(16-26)23-22(18-9-2-1-3-10-18)21-14-6-11-17-8-4-5-13-20(17)21/h1-5,8-10,13,19,21-23H,6-7,11-12,14-16H2. The van der Waals surface area contributed by atoms with Crippen LogP contribution in [0.25, 0.3) is 0 Å². The van der Waals surface area contributed by atoms with Gasteiger partial charge in [0.25, 0.3) is 0 Å². The fourth-order valence-electron chi connectivity index (χ4n) is 4.65. The number of aryl methyl sites for hydroxylation is 1. The molecule has 26 heavy (non-hydrogen) atoms. The zero-order valence-electron chi connectivity index (χ0n) is 15.1. The van der Waals surface area contributed by atoms with Crippen molar-refractivity contribution in [2.75, 3.05) is 11.5 Å². The number of hydrogen-bond donors (Lipinski definition) is 1. The summed E-state index contributed by atoms with van der Waals surface area (Å²) >= 11 is 0. The van der Waals surface area contributed by atoms with Crippen LogP contribution < -0.4 is 5.32 Å². The Bertz CT molecular complexity index is 847. The first-order valence-corrected chi connectivity index (χ1v) is 11.5. The molecule has 1 heterocycles. The van der Waals surface area contributed by atoms with Crippen molar-refractivity contribution >= 4 is 9.84 Å². The Kier molecular flexibility index (Phi) is 5.14. The van der Waals surface area contributed by atoms with Crippen LogP contribution in [0.3, 0.4) is 0 Å². The second-order valence-corrected chi connectivity index (χ2v) is 9.93. The van der Waals surface area contributed by atoms with Gasteiger partial charge in [0.2, 0.25) is 0 Å². The molecule has 138 valence electrons. The molecule has 0 bridgehead atoms. The number of sulfone groups is 1. The Balaban J connectivity index is 1.66. The quantitative estimate of drug-likeness (QED) is 0.885. The summed E-state index contributed by atoms with van der Waals surface area (Å²) in [5.41, 5.74) is 4.14. The number of fused-ring (bicyclic) bond motifs is 1. The SMILES string of the molecule is O=S1(=O)CCCC(NC(c2ccccc2)C2CCCc3ccccc32)C1. The molecular weight excluding hydrogens is 342 g/mol. The molecule has 0 saturated carbocycles. The maximum Gasteiger partial charge on any atom is 0.151 e. The number of rotatable bonds is 4. The van der Waals surface area contributed by atoms with Gasteiger partial charge in [-0.25, -0.2) is 8.42 Å². The first kappa shape index (κ1) is 17.7. The van der Waals surface area contributed by atoms with E-state index in [0.29, 0.717) is 11.7 Å². The van der Waals surface area contributed by atoms with Crippen molar-refractivity contribution in [3.8, 4) is 0 Å². The lowest BCUT2D eigenvalue weighted by molar-refractivity contribution is 0.352. The molecule has 1 aliphatic carbocycles. The van der Waals surface area contributed by atoms with E-state index in [1.165, 1.54) is 23.1 Å². The minimum atomic E-state index is -2.91. The van der Waals surface area contributed by atoms with Crippen molar-refractivity contribution in [3.05, 3.63) is 71.3 Å². The van der Waals surface area contributed by atoms with Crippen LogP contribution in [0.1, 0.15) is 54.3 Å². The molecule has 0 amide bonds. The summed E-state index contributed by atoms with van der Waals surface area (Å²) < 4.78 is 24.2. The van der Waals surface area contributed by atoms with Crippen molar-refractivity contribution in [1.82, 2.24) is 5.32 Å². The smallest absolute Gasteiger partial charge is 0.151 e. The number of benzene rings is 2. The summed E-state index contributed by atoms with van der Waals surface area (Å²) in [7, 11) is -2.91. The Morgan fingerprint density at radius 1 is 0.923 bits per heavy atom. The van der Waals surface area contributed by atoms with Crippen LogP contribution in [0.4, 0.5) is 0 Å². The van der Waals surface area contributed by atoms with Crippen LogP contribution >= 0.6 is 0 Å². The Morgan fingerprint density at radius 3 is 2.50 bits per heavy atom. The maximum absolute atomic E-state index is 12.1. The topological polar surface area (TPSA) is 46.2 Å². The van der Waals surface area contributed by atoms with E-state index in [1.807, 2.05) is 6.07 Å². The minimum Gasteiger partial charge on any atom is -0.306 e. The molecule has 2 aliphatic rings. The first-order valence-electron chi connectivity index (χ1n) is 9.72. The van der Waals surface area contributed by atoms with E-state index in [1.54, 1.807) is 0 Å². The van der Waals surface area contributed by atoms with E-state index >= 15 is 0 Å². The van der Waals surface area contributed by atoms with Crippen LogP contribution in [0.15, 0.2) is 54.6 Å². The number of hydrogen-bond acceptors (Lipinski definition) is 3. The molecule has 0 aromatic heterocycles. The summed E-state index contributed by atoms with van der Waals surface area (Å²) in [6, 6.07) is 19.5. The van der Waals surface area contributed by atoms with Crippen LogP contribution in [-0.4, -0.2) is 26.0 Å². The summed E-state index contributed by atoms with van der Waals surface area (Å²) in [4.78, 5) is 0. The van der Waals surface area contributed by atoms with Gasteiger partial charge in [0, 0.05) is 18.0 Å². The van der Waals surface area contributed by atoms with Gasteiger partial charge < -0.3 is 5.32 Å². The fourth-order valence-corrected chi connectivity index (χ4v) is 6.30. The van der Waals surface area contributed by atoms with Crippen molar-refractivity contribution in [3.63, 3.8) is 0 Å². The zero-order valence-corrected chi connectivity index (χ0v) is 15.9. The Labute approximate surface area is 156 Å². The summed E-state index contributed by atoms with van der Waals surface area (Å²) in [5, 5.41) is 3.76. The van der Waals surface area contributed by atoms with Crippen LogP contribution in [0, 0.1) is 0 Å². The van der Waals surface area contributed by atoms with E-state index in [2.05, 4.69) is 53.8 Å². The monoisotopic (exact) mass is 369 g/mol. The highest BCUT2D eigenvalue weighted by atomic mass is 32.2. The molecule has 0 spiro atoms. The second-order valence-electron chi connectivity index (χ2n) is 7.71. The van der Waals surface area contributed by atoms with Gasteiger partial charge in [0.1, 0.15) is 0 Å². The molecule has 3 atom stereocenters. The Hall–Kier alpha value is -1.65. The van der Waals surface area contributed by atoms with Gasteiger partial charge in [-0.2, -0.15) is 0 Å². The van der Waals surface area contributed by atoms with Gasteiger partial charge in [-0.3, -0.25) is 0 Å². The molecule has 4 heteroatoms. The summed E-state index contributed by atoms with van der Waals surface area (Å²) in [5.74, 6) is 1.00. The normalized spacial score (nSPS) is 26.0. The zero-order chi connectivity index (χ0) is 18.0. The van der Waals surface area contributed by atoms with Gasteiger partial charge in [-0.1, -0.05) is 54.6 Å². The van der Waals surface area contributed by atoms with Gasteiger partial charge in [-0.15, -0.1) is 0 Å². The predicted molar refractivity (Wildman–Crippen MR) is 106 cm³/mol. The molecule has 3 unspecified atom stereocenters. The van der Waals surface area contributed by atoms with Crippen LogP contribution in [0.2, 0.25) is 0 Å². The molecule has 1 N–H and O–H groups in total. The first-order chi connectivity index (χ1) is 12.6. The number of nitrogens with one attached hydrogen (secondary N) is 1. The van der Waals surface area contributed by atoms with Crippen molar-refractivity contribution < 1.29 is 8.42 Å². The van der Waals surface area contributed by atoms with E-state index in [4.69, 9.17) is 0 Å². The van der Waals surface area contributed by atoms with E-state index in [0.717, 1.165) is 25.7 Å². The van der Waals surface area contributed by atoms with Gasteiger partial charge >= 0.3 is 0 Å². The summed E-state index contributed by atoms with van der Waals surface area (Å²) in [6.45, 7) is 0. The highest BCUT2D eigenvalue weighted by molar-refractivity contribution is 7.91. The molecule has 1 aliphatic heterocycles. The lowest BCUT2D eigenvalue weighted by Crippen LogP contribution is -2.44. The summed E-state index contributed by atoms with van der Waals surface area (Å²) in [6.07, 6.45) is 5.18. The lowest BCUT2D eigenvalue weighted by atomic mass is 9.76. The third-order valence-electron chi connectivity index (χ3n) is 5.86. The molecular formula is C22H27NO2S. The molecule has 1 fully saturated rings. The lowest BCUT2D eigenvalue weighted by Gasteiger charge is -2.37. The molecule has 1 saturated heterocycles. The van der Waals surface area contributed by atoms with Gasteiger partial charge in [0.05, 0.1) is 11.5 Å². The third-order valence-corrected chi connectivity index (χ3v) is 7.68. The van der Waals surface area contributed by atoms with Crippen LogP contribution in [0.5, 0.6) is 0 Å². The molecule has 3 nitrogen and oxygen atoms in total. The predicted octanol–water partition coefficient (Wildman–Crippen LogP) is 4.01. The van der Waals surface area contributed by atoms with Crippen LogP contribution in [-0.2, 0) is 16.3 Å². The van der Waals surface area contributed by atoms with Crippen molar-refractivity contribution in [1.29, 1.82) is 0 Å². The van der Waals surface area contributed by atoms with E-state index in [-0.39, 0.29) is 17.8 Å². The van der Waals surface area contributed by atoms with Gasteiger partial charge in [-0.05, 0) is 48.8 Å². The Morgan fingerprint density at radius 2 is 1.69 bits per heavy atom. The largest absolute Gasteiger partial charge is 0.306 e. The average molecular weight is 370 g/mol. The van der Waals surface area contributed by atoms with Crippen molar-refractivity contribution in [2.24, 2.45) is 0 Å². The highest BCUT2D eigenvalue weighted by Gasteiger charge is 2.33. The third kappa shape index (κ3) is 3.86.